The van der Waals surface area contributed by atoms with E-state index in [-0.39, 0.29) is 21.7 Å². The van der Waals surface area contributed by atoms with Gasteiger partial charge < -0.3 is 14.5 Å². The van der Waals surface area contributed by atoms with E-state index in [2.05, 4.69) is 249 Å². The van der Waals surface area contributed by atoms with Gasteiger partial charge in [0.05, 0.1) is 17.7 Å². The van der Waals surface area contributed by atoms with E-state index in [9.17, 15) is 0 Å². The van der Waals surface area contributed by atoms with E-state index in [4.69, 9.17) is 9.72 Å². The van der Waals surface area contributed by atoms with Gasteiger partial charge >= 0.3 is 0 Å². The highest BCUT2D eigenvalue weighted by Gasteiger charge is 2.28. The molecule has 6 aromatic carbocycles. The Labute approximate surface area is 380 Å². The van der Waals surface area contributed by atoms with Crippen LogP contribution in [0, 0.1) is 0 Å². The average molecular weight is 843 g/mol. The van der Waals surface area contributed by atoms with Crippen LogP contribution in [0.2, 0.25) is 0 Å². The number of pyridine rings is 1. The first-order valence-electron chi connectivity index (χ1n) is 22.7. The monoisotopic (exact) mass is 842 g/mol. The summed E-state index contributed by atoms with van der Waals surface area (Å²) in [5, 5.41) is 2.38. The van der Waals surface area contributed by atoms with E-state index < -0.39 is 0 Å². The van der Waals surface area contributed by atoms with Crippen LogP contribution >= 0.6 is 0 Å². The Hall–Kier alpha value is -6.59. The zero-order chi connectivity index (χ0) is 45.2. The molecule has 0 aliphatic carbocycles. The second-order valence-corrected chi connectivity index (χ2v) is 21.2. The Balaban J connectivity index is 1.10. The molecule has 5 heteroatoms. The number of nitrogens with zero attached hydrogens (tertiary/aromatic N) is 4. The summed E-state index contributed by atoms with van der Waals surface area (Å²) in [4.78, 5) is 9.63. The Bertz CT molecular complexity index is 3030. The third-order valence-corrected chi connectivity index (χ3v) is 13.1. The molecule has 5 nitrogen and oxygen atoms in total. The summed E-state index contributed by atoms with van der Waals surface area (Å²) in [7, 11) is 0. The zero-order valence-corrected chi connectivity index (χ0v) is 39.5. The average Bonchev–Trinajstić information content (AvgIpc) is 3.89. The van der Waals surface area contributed by atoms with E-state index in [1.54, 1.807) is 0 Å². The fourth-order valence-corrected chi connectivity index (χ4v) is 8.87. The molecule has 324 valence electrons. The SMILES string of the molecule is CC(C)(C)c1cc(N2C=CN(c3cc(Oc4ccc5c6cc(C(C)(C)C)ccc6n(-c6cc(C(C)(C)C)ccn6)c5c4)cc(-c4ccccc4)c3)C2)cc(C(C)(C)c2ccccc2)c1. The number of anilines is 2. The summed E-state index contributed by atoms with van der Waals surface area (Å²) in [5.41, 5.74) is 12.9. The van der Waals surface area contributed by atoms with Crippen LogP contribution in [0.5, 0.6) is 11.5 Å². The van der Waals surface area contributed by atoms with Crippen LogP contribution in [0.4, 0.5) is 11.4 Å². The van der Waals surface area contributed by atoms with Crippen molar-refractivity contribution in [3.05, 3.63) is 192 Å². The van der Waals surface area contributed by atoms with Crippen LogP contribution in [-0.4, -0.2) is 16.2 Å². The van der Waals surface area contributed by atoms with Crippen molar-refractivity contribution in [2.75, 3.05) is 16.5 Å². The van der Waals surface area contributed by atoms with E-state index in [0.29, 0.717) is 6.67 Å². The fourth-order valence-electron chi connectivity index (χ4n) is 8.87. The number of fused-ring (bicyclic) bond motifs is 3. The predicted octanol–water partition coefficient (Wildman–Crippen LogP) is 15.6. The van der Waals surface area contributed by atoms with Crippen LogP contribution in [-0.2, 0) is 21.7 Å². The molecular formula is C59H62N4O. The highest BCUT2D eigenvalue weighted by molar-refractivity contribution is 6.09. The first-order valence-corrected chi connectivity index (χ1v) is 22.7. The molecule has 0 bridgehead atoms. The van der Waals surface area contributed by atoms with Crippen molar-refractivity contribution in [3.63, 3.8) is 0 Å². The minimum absolute atomic E-state index is 0.0117. The molecule has 2 aromatic heterocycles. The second kappa shape index (κ2) is 15.9. The Morgan fingerprint density at radius 3 is 1.73 bits per heavy atom. The predicted molar refractivity (Wildman–Crippen MR) is 271 cm³/mol. The van der Waals surface area contributed by atoms with Gasteiger partial charge in [0.1, 0.15) is 17.3 Å². The van der Waals surface area contributed by atoms with Gasteiger partial charge in [0.15, 0.2) is 0 Å². The first-order chi connectivity index (χ1) is 30.3. The van der Waals surface area contributed by atoms with Crippen LogP contribution in [0.15, 0.2) is 164 Å². The molecule has 0 spiro atoms. The van der Waals surface area contributed by atoms with Gasteiger partial charge in [-0.25, -0.2) is 4.98 Å². The molecule has 1 aliphatic heterocycles. The summed E-state index contributed by atoms with van der Waals surface area (Å²) in [6, 6.07) is 52.9. The first kappa shape index (κ1) is 42.7. The number of hydrogen-bond donors (Lipinski definition) is 0. The lowest BCUT2D eigenvalue weighted by atomic mass is 9.75. The molecule has 3 heterocycles. The van der Waals surface area contributed by atoms with Gasteiger partial charge in [-0.15, -0.1) is 0 Å². The molecular weight excluding hydrogens is 781 g/mol. The molecule has 0 amide bonds. The lowest BCUT2D eigenvalue weighted by molar-refractivity contribution is 0.483. The minimum atomic E-state index is -0.170. The minimum Gasteiger partial charge on any atom is -0.457 e. The number of rotatable bonds is 8. The maximum absolute atomic E-state index is 6.95. The largest absolute Gasteiger partial charge is 0.457 e. The number of hydrogen-bond acceptors (Lipinski definition) is 4. The highest BCUT2D eigenvalue weighted by Crippen LogP contribution is 2.42. The van der Waals surface area contributed by atoms with Crippen LogP contribution in [0.25, 0.3) is 38.8 Å². The normalized spacial score (nSPS) is 13.7. The van der Waals surface area contributed by atoms with Gasteiger partial charge in [0.2, 0.25) is 0 Å². The number of aromatic nitrogens is 2. The quantitative estimate of drug-likeness (QED) is 0.153. The molecule has 0 unspecified atom stereocenters. The third-order valence-electron chi connectivity index (χ3n) is 13.1. The Kier molecular flexibility index (Phi) is 10.6. The van der Waals surface area contributed by atoms with Gasteiger partial charge in [-0.2, -0.15) is 0 Å². The standard InChI is InChI=1S/C59H62N4O/c1-56(2,3)43-22-25-53-52(35-43)51-24-23-49(38-54(51)63(53)55-36-44(26-27-60-55)57(4,5)6)64-50-31-41(40-18-14-12-15-19-40)30-47(37-50)61-28-29-62(39-61)48-33-45(58(7,8)9)32-46(34-48)59(10,11)42-20-16-13-17-21-42/h12-38H,39H2,1-11H3. The van der Waals surface area contributed by atoms with Crippen molar-refractivity contribution < 1.29 is 4.74 Å². The van der Waals surface area contributed by atoms with Crippen molar-refractivity contribution in [2.24, 2.45) is 0 Å². The molecule has 0 fully saturated rings. The van der Waals surface area contributed by atoms with Crippen molar-refractivity contribution >= 4 is 33.2 Å². The summed E-state index contributed by atoms with van der Waals surface area (Å²) >= 11 is 0. The van der Waals surface area contributed by atoms with Crippen molar-refractivity contribution in [1.29, 1.82) is 0 Å². The lowest BCUT2D eigenvalue weighted by Crippen LogP contribution is -2.26. The number of benzene rings is 6. The van der Waals surface area contributed by atoms with Crippen molar-refractivity contribution in [2.45, 2.75) is 97.8 Å². The van der Waals surface area contributed by atoms with E-state index in [1.165, 1.54) is 44.3 Å². The molecule has 0 atom stereocenters. The van der Waals surface area contributed by atoms with Crippen LogP contribution < -0.4 is 14.5 Å². The smallest absolute Gasteiger partial charge is 0.137 e. The molecule has 64 heavy (non-hydrogen) atoms. The summed E-state index contributed by atoms with van der Waals surface area (Å²) < 4.78 is 9.25. The fraction of sp³-hybridized carbons (Fsp3) is 0.271. The highest BCUT2D eigenvalue weighted by atomic mass is 16.5. The van der Waals surface area contributed by atoms with E-state index in [1.807, 2.05) is 6.20 Å². The number of ether oxygens (including phenoxy) is 1. The summed E-state index contributed by atoms with van der Waals surface area (Å²) in [6.45, 7) is 25.8. The Morgan fingerprint density at radius 2 is 1.06 bits per heavy atom. The topological polar surface area (TPSA) is 33.5 Å². The van der Waals surface area contributed by atoms with Gasteiger partial charge in [0.25, 0.3) is 0 Å². The molecule has 8 aromatic rings. The second-order valence-electron chi connectivity index (χ2n) is 21.2. The lowest BCUT2D eigenvalue weighted by Gasteiger charge is -2.31. The maximum atomic E-state index is 6.95. The molecule has 0 N–H and O–H groups in total. The Morgan fingerprint density at radius 1 is 0.438 bits per heavy atom. The summed E-state index contributed by atoms with van der Waals surface area (Å²) in [5.74, 6) is 2.44. The van der Waals surface area contributed by atoms with Crippen LogP contribution in [0.1, 0.15) is 104 Å². The molecule has 0 radical (unpaired) electrons. The van der Waals surface area contributed by atoms with E-state index in [0.717, 1.165) is 45.2 Å². The molecule has 1 aliphatic rings. The van der Waals surface area contributed by atoms with E-state index >= 15 is 0 Å². The van der Waals surface area contributed by atoms with Crippen LogP contribution in [0.3, 0.4) is 0 Å². The third kappa shape index (κ3) is 8.32. The molecule has 0 saturated carbocycles. The van der Waals surface area contributed by atoms with Crippen molar-refractivity contribution in [3.8, 4) is 28.4 Å². The van der Waals surface area contributed by atoms with Gasteiger partial charge in [-0.3, -0.25) is 4.57 Å². The molecule has 9 rings (SSSR count). The van der Waals surface area contributed by atoms with Gasteiger partial charge in [0, 0.05) is 58.3 Å². The van der Waals surface area contributed by atoms with Gasteiger partial charge in [-0.05, 0) is 116 Å². The van der Waals surface area contributed by atoms with Gasteiger partial charge in [-0.1, -0.05) is 149 Å². The maximum Gasteiger partial charge on any atom is 0.137 e. The van der Waals surface area contributed by atoms with Crippen molar-refractivity contribution in [1.82, 2.24) is 9.55 Å². The summed E-state index contributed by atoms with van der Waals surface area (Å²) in [6.07, 6.45) is 6.33. The molecule has 0 saturated heterocycles. The zero-order valence-electron chi connectivity index (χ0n) is 39.5.